The van der Waals surface area contributed by atoms with Gasteiger partial charge in [0.1, 0.15) is 11.6 Å². The summed E-state index contributed by atoms with van der Waals surface area (Å²) in [5, 5.41) is 0.229. The van der Waals surface area contributed by atoms with Gasteiger partial charge in [-0.15, -0.1) is 0 Å². The van der Waals surface area contributed by atoms with E-state index in [-0.39, 0.29) is 22.4 Å². The largest absolute Gasteiger partial charge is 0.484 e. The van der Waals surface area contributed by atoms with Gasteiger partial charge in [-0.05, 0) is 17.7 Å². The standard InChI is InChI=1S/C14H11ClFNOS/c15-11-6-3-7-12(16)13(11)18-8-9-4-1-2-5-10(9)14(17)19/h1-7H,8H2,(H2,17,19). The Kier molecular flexibility index (Phi) is 4.35. The summed E-state index contributed by atoms with van der Waals surface area (Å²) in [6.45, 7) is 0.147. The van der Waals surface area contributed by atoms with Crippen molar-refractivity contribution >= 4 is 28.8 Å². The van der Waals surface area contributed by atoms with Crippen LogP contribution in [0.1, 0.15) is 11.1 Å². The second-order valence-corrected chi connectivity index (χ2v) is 4.71. The van der Waals surface area contributed by atoms with Gasteiger partial charge in [0.05, 0.1) is 5.02 Å². The van der Waals surface area contributed by atoms with Gasteiger partial charge in [-0.3, -0.25) is 0 Å². The molecule has 5 heteroatoms. The van der Waals surface area contributed by atoms with E-state index < -0.39 is 5.82 Å². The van der Waals surface area contributed by atoms with E-state index in [0.717, 1.165) is 5.56 Å². The molecule has 0 saturated heterocycles. The first-order valence-corrected chi connectivity index (χ1v) is 6.32. The van der Waals surface area contributed by atoms with Crippen LogP contribution in [-0.2, 0) is 6.61 Å². The molecule has 0 fully saturated rings. The van der Waals surface area contributed by atoms with Crippen molar-refractivity contribution in [3.63, 3.8) is 0 Å². The molecule has 0 spiro atoms. The molecular formula is C14H11ClFNOS. The van der Waals surface area contributed by atoms with Crippen molar-refractivity contribution in [2.75, 3.05) is 0 Å². The van der Waals surface area contributed by atoms with Gasteiger partial charge in [0, 0.05) is 5.56 Å². The number of hydrogen-bond donors (Lipinski definition) is 1. The lowest BCUT2D eigenvalue weighted by atomic mass is 10.1. The fraction of sp³-hybridized carbons (Fsp3) is 0.0714. The minimum absolute atomic E-state index is 0.0295. The third-order valence-corrected chi connectivity index (χ3v) is 3.09. The fourth-order valence-electron chi connectivity index (χ4n) is 1.66. The zero-order chi connectivity index (χ0) is 13.8. The minimum Gasteiger partial charge on any atom is -0.484 e. The van der Waals surface area contributed by atoms with E-state index in [2.05, 4.69) is 0 Å². The number of thiocarbonyl (C=S) groups is 1. The predicted molar refractivity (Wildman–Crippen MR) is 78.1 cm³/mol. The van der Waals surface area contributed by atoms with Gasteiger partial charge >= 0.3 is 0 Å². The van der Waals surface area contributed by atoms with Crippen LogP contribution < -0.4 is 10.5 Å². The Morgan fingerprint density at radius 2 is 1.95 bits per heavy atom. The molecule has 0 saturated carbocycles. The molecule has 2 N–H and O–H groups in total. The number of rotatable bonds is 4. The fourth-order valence-corrected chi connectivity index (χ4v) is 2.07. The topological polar surface area (TPSA) is 35.2 Å². The molecule has 0 atom stereocenters. The van der Waals surface area contributed by atoms with Crippen LogP contribution in [0.15, 0.2) is 42.5 Å². The summed E-state index contributed by atoms with van der Waals surface area (Å²) in [4.78, 5) is 0.277. The summed E-state index contributed by atoms with van der Waals surface area (Å²) < 4.78 is 19.0. The summed E-state index contributed by atoms with van der Waals surface area (Å²) in [6, 6.07) is 11.7. The normalized spacial score (nSPS) is 10.2. The van der Waals surface area contributed by atoms with Gasteiger partial charge < -0.3 is 10.5 Å². The quantitative estimate of drug-likeness (QED) is 0.874. The van der Waals surface area contributed by atoms with Crippen LogP contribution in [0.5, 0.6) is 5.75 Å². The number of benzene rings is 2. The van der Waals surface area contributed by atoms with Crippen LogP contribution >= 0.6 is 23.8 Å². The van der Waals surface area contributed by atoms with Crippen molar-refractivity contribution in [1.29, 1.82) is 0 Å². The Balaban J connectivity index is 2.22. The van der Waals surface area contributed by atoms with Crippen molar-refractivity contribution < 1.29 is 9.13 Å². The van der Waals surface area contributed by atoms with E-state index >= 15 is 0 Å². The lowest BCUT2D eigenvalue weighted by molar-refractivity contribution is 0.290. The molecule has 0 aromatic heterocycles. The summed E-state index contributed by atoms with van der Waals surface area (Å²) in [6.07, 6.45) is 0. The first kappa shape index (κ1) is 13.8. The molecule has 2 aromatic rings. The van der Waals surface area contributed by atoms with Gasteiger partial charge in [0.15, 0.2) is 11.6 Å². The Morgan fingerprint density at radius 1 is 1.21 bits per heavy atom. The lowest BCUT2D eigenvalue weighted by Gasteiger charge is -2.11. The van der Waals surface area contributed by atoms with Crippen LogP contribution in [0.3, 0.4) is 0 Å². The highest BCUT2D eigenvalue weighted by molar-refractivity contribution is 7.80. The Hall–Kier alpha value is -1.65. The molecule has 98 valence electrons. The molecule has 0 bridgehead atoms. The monoisotopic (exact) mass is 295 g/mol. The molecule has 0 aliphatic carbocycles. The summed E-state index contributed by atoms with van der Waals surface area (Å²) in [7, 11) is 0. The van der Waals surface area contributed by atoms with E-state index in [1.54, 1.807) is 12.1 Å². The van der Waals surface area contributed by atoms with E-state index in [1.165, 1.54) is 12.1 Å². The molecule has 0 heterocycles. The van der Waals surface area contributed by atoms with Crippen molar-refractivity contribution in [2.45, 2.75) is 6.61 Å². The zero-order valence-electron chi connectivity index (χ0n) is 9.90. The van der Waals surface area contributed by atoms with Crippen molar-refractivity contribution in [1.82, 2.24) is 0 Å². The van der Waals surface area contributed by atoms with Crippen molar-refractivity contribution in [3.05, 3.63) is 64.4 Å². The summed E-state index contributed by atoms with van der Waals surface area (Å²) in [5.74, 6) is -0.470. The maximum absolute atomic E-state index is 13.6. The van der Waals surface area contributed by atoms with Crippen LogP contribution in [-0.4, -0.2) is 4.99 Å². The highest BCUT2D eigenvalue weighted by Gasteiger charge is 2.10. The van der Waals surface area contributed by atoms with E-state index in [4.69, 9.17) is 34.3 Å². The second-order valence-electron chi connectivity index (χ2n) is 3.86. The smallest absolute Gasteiger partial charge is 0.174 e. The van der Waals surface area contributed by atoms with Gasteiger partial charge in [-0.25, -0.2) is 4.39 Å². The minimum atomic E-state index is -0.500. The number of halogens is 2. The Bertz CT molecular complexity index is 598. The molecule has 19 heavy (non-hydrogen) atoms. The predicted octanol–water partition coefficient (Wildman–Crippen LogP) is 3.69. The second kappa shape index (κ2) is 5.99. The van der Waals surface area contributed by atoms with Gasteiger partial charge in [-0.1, -0.05) is 54.2 Å². The van der Waals surface area contributed by atoms with Gasteiger partial charge in [0.2, 0.25) is 0 Å². The molecule has 2 rings (SSSR count). The first-order valence-electron chi connectivity index (χ1n) is 5.54. The van der Waals surface area contributed by atoms with Gasteiger partial charge in [0.25, 0.3) is 0 Å². The van der Waals surface area contributed by atoms with Crippen molar-refractivity contribution in [3.8, 4) is 5.75 Å². The summed E-state index contributed by atoms with van der Waals surface area (Å²) in [5.41, 5.74) is 7.12. The Labute approximate surface area is 120 Å². The first-order chi connectivity index (χ1) is 9.09. The van der Waals surface area contributed by atoms with Crippen LogP contribution in [0.25, 0.3) is 0 Å². The highest BCUT2D eigenvalue weighted by Crippen LogP contribution is 2.28. The maximum atomic E-state index is 13.6. The van der Waals surface area contributed by atoms with Crippen LogP contribution in [0.2, 0.25) is 5.02 Å². The molecule has 2 aromatic carbocycles. The van der Waals surface area contributed by atoms with Crippen molar-refractivity contribution in [2.24, 2.45) is 5.73 Å². The molecule has 2 nitrogen and oxygen atoms in total. The van der Waals surface area contributed by atoms with Crippen LogP contribution in [0.4, 0.5) is 4.39 Å². The Morgan fingerprint density at radius 3 is 2.63 bits per heavy atom. The van der Waals surface area contributed by atoms with E-state index in [0.29, 0.717) is 5.56 Å². The number of hydrogen-bond acceptors (Lipinski definition) is 2. The molecule has 0 radical (unpaired) electrons. The third-order valence-electron chi connectivity index (χ3n) is 2.57. The molecule has 0 unspecified atom stereocenters. The van der Waals surface area contributed by atoms with E-state index in [9.17, 15) is 4.39 Å². The summed E-state index contributed by atoms with van der Waals surface area (Å²) >= 11 is 10.8. The lowest BCUT2D eigenvalue weighted by Crippen LogP contribution is -2.13. The average molecular weight is 296 g/mol. The third kappa shape index (κ3) is 3.22. The number of nitrogens with two attached hydrogens (primary N) is 1. The average Bonchev–Trinajstić information content (AvgIpc) is 2.38. The molecule has 0 amide bonds. The molecular weight excluding hydrogens is 285 g/mol. The number of ether oxygens (including phenoxy) is 1. The SMILES string of the molecule is NC(=S)c1ccccc1COc1c(F)cccc1Cl. The molecule has 0 aliphatic heterocycles. The van der Waals surface area contributed by atoms with Gasteiger partial charge in [-0.2, -0.15) is 0 Å². The molecule has 0 aliphatic rings. The highest BCUT2D eigenvalue weighted by atomic mass is 35.5. The zero-order valence-corrected chi connectivity index (χ0v) is 11.5. The van der Waals surface area contributed by atoms with E-state index in [1.807, 2.05) is 18.2 Å². The number of para-hydroxylation sites is 1. The maximum Gasteiger partial charge on any atom is 0.174 e. The van der Waals surface area contributed by atoms with Crippen LogP contribution in [0, 0.1) is 5.82 Å².